The molecule has 1 aliphatic heterocycles. The Bertz CT molecular complexity index is 1230. The van der Waals surface area contributed by atoms with E-state index in [4.69, 9.17) is 32.7 Å². The van der Waals surface area contributed by atoms with Crippen LogP contribution >= 0.6 is 39.1 Å². The molecule has 2 aromatic carbocycles. The first kappa shape index (κ1) is 23.6. The number of carbonyl (C=O) groups excluding carboxylic acids is 1. The van der Waals surface area contributed by atoms with Crippen LogP contribution in [0, 0.1) is 0 Å². The highest BCUT2D eigenvalue weighted by Crippen LogP contribution is 2.40. The molecule has 1 N–H and O–H groups in total. The molecule has 0 saturated carbocycles. The Morgan fingerprint density at radius 3 is 2.82 bits per heavy atom. The molecular formula is C23H21BrCl2N4O3. The third kappa shape index (κ3) is 5.03. The number of hydrogen-bond acceptors (Lipinski definition) is 6. The molecule has 0 saturated heterocycles. The minimum absolute atomic E-state index is 0.220. The zero-order valence-corrected chi connectivity index (χ0v) is 21.0. The number of nitrogens with one attached hydrogen (secondary N) is 1. The third-order valence-electron chi connectivity index (χ3n) is 5.12. The Hall–Kier alpha value is -2.55. The van der Waals surface area contributed by atoms with Crippen molar-refractivity contribution in [2.45, 2.75) is 32.9 Å². The van der Waals surface area contributed by atoms with Gasteiger partial charge in [0.05, 0.1) is 12.2 Å². The number of benzene rings is 2. The van der Waals surface area contributed by atoms with Gasteiger partial charge in [-0.2, -0.15) is 10.1 Å². The van der Waals surface area contributed by atoms with Crippen LogP contribution in [-0.2, 0) is 16.1 Å². The van der Waals surface area contributed by atoms with Gasteiger partial charge in [-0.3, -0.25) is 0 Å². The van der Waals surface area contributed by atoms with Gasteiger partial charge in [-0.25, -0.2) is 9.48 Å². The van der Waals surface area contributed by atoms with Crippen molar-refractivity contribution < 1.29 is 14.3 Å². The molecule has 0 spiro atoms. The molecule has 0 bridgehead atoms. The van der Waals surface area contributed by atoms with Gasteiger partial charge >= 0.3 is 5.97 Å². The number of ether oxygens (including phenoxy) is 2. The predicted molar refractivity (Wildman–Crippen MR) is 131 cm³/mol. The molecule has 0 fully saturated rings. The Kier molecular flexibility index (Phi) is 7.26. The number of nitrogens with zero attached hydrogens (tertiary/aromatic N) is 3. The van der Waals surface area contributed by atoms with Crippen LogP contribution in [0.5, 0.6) is 5.75 Å². The summed E-state index contributed by atoms with van der Waals surface area (Å²) in [6.07, 6.45) is 2.16. The van der Waals surface area contributed by atoms with Crippen molar-refractivity contribution in [2.24, 2.45) is 0 Å². The van der Waals surface area contributed by atoms with Gasteiger partial charge in [0.1, 0.15) is 24.7 Å². The molecule has 3 aromatic rings. The van der Waals surface area contributed by atoms with E-state index in [1.165, 1.54) is 6.33 Å². The Morgan fingerprint density at radius 1 is 1.24 bits per heavy atom. The van der Waals surface area contributed by atoms with Gasteiger partial charge in [-0.05, 0) is 43.7 Å². The minimum atomic E-state index is -0.596. The highest BCUT2D eigenvalue weighted by molar-refractivity contribution is 9.10. The summed E-state index contributed by atoms with van der Waals surface area (Å²) in [5.41, 5.74) is 2.60. The van der Waals surface area contributed by atoms with Crippen molar-refractivity contribution in [3.8, 4) is 5.75 Å². The first-order valence-electron chi connectivity index (χ1n) is 10.3. The summed E-state index contributed by atoms with van der Waals surface area (Å²) >= 11 is 15.9. The number of anilines is 1. The van der Waals surface area contributed by atoms with Gasteiger partial charge in [0, 0.05) is 31.3 Å². The lowest BCUT2D eigenvalue weighted by atomic mass is 9.95. The van der Waals surface area contributed by atoms with Crippen LogP contribution in [0.2, 0.25) is 10.0 Å². The standard InChI is InChI=1S/C23H21BrCl2N4O3/c1-3-8-32-22(31)20-13(2)29-23-27-12-28-30(23)21(20)17-9-15(24)5-7-19(17)33-11-14-4-6-16(25)10-18(14)26/h4-7,9-10,12,21H,3,8,11H2,1-2H3,(H,27,28,29). The Balaban J connectivity index is 1.76. The minimum Gasteiger partial charge on any atom is -0.488 e. The second kappa shape index (κ2) is 10.2. The molecule has 0 amide bonds. The van der Waals surface area contributed by atoms with Gasteiger partial charge in [0.2, 0.25) is 5.95 Å². The molecule has 0 aliphatic carbocycles. The van der Waals surface area contributed by atoms with E-state index in [0.717, 1.165) is 22.0 Å². The molecule has 2 heterocycles. The molecule has 33 heavy (non-hydrogen) atoms. The lowest BCUT2D eigenvalue weighted by molar-refractivity contribution is -0.139. The fourth-order valence-electron chi connectivity index (χ4n) is 3.57. The van der Waals surface area contributed by atoms with Crippen LogP contribution in [0.25, 0.3) is 0 Å². The third-order valence-corrected chi connectivity index (χ3v) is 6.20. The van der Waals surface area contributed by atoms with Crippen molar-refractivity contribution in [3.05, 3.63) is 79.6 Å². The summed E-state index contributed by atoms with van der Waals surface area (Å²) in [6.45, 7) is 4.31. The van der Waals surface area contributed by atoms with Crippen LogP contribution < -0.4 is 10.1 Å². The van der Waals surface area contributed by atoms with Crippen LogP contribution in [0.1, 0.15) is 37.4 Å². The highest BCUT2D eigenvalue weighted by atomic mass is 79.9. The molecule has 1 aromatic heterocycles. The van der Waals surface area contributed by atoms with E-state index in [-0.39, 0.29) is 6.61 Å². The Labute approximate surface area is 209 Å². The number of aromatic nitrogens is 3. The van der Waals surface area contributed by atoms with E-state index in [1.54, 1.807) is 16.8 Å². The van der Waals surface area contributed by atoms with E-state index in [0.29, 0.717) is 39.6 Å². The number of fused-ring (bicyclic) bond motifs is 1. The zero-order valence-electron chi connectivity index (χ0n) is 17.9. The lowest BCUT2D eigenvalue weighted by Gasteiger charge is -2.29. The summed E-state index contributed by atoms with van der Waals surface area (Å²) < 4.78 is 14.2. The monoisotopic (exact) mass is 550 g/mol. The van der Waals surface area contributed by atoms with E-state index in [2.05, 4.69) is 31.3 Å². The zero-order chi connectivity index (χ0) is 23.5. The number of rotatable bonds is 7. The molecule has 7 nitrogen and oxygen atoms in total. The summed E-state index contributed by atoms with van der Waals surface area (Å²) in [7, 11) is 0. The van der Waals surface area contributed by atoms with Gasteiger partial charge in [0.25, 0.3) is 0 Å². The number of halogens is 3. The SMILES string of the molecule is CCCOC(=O)C1=C(C)Nc2ncnn2C1c1cc(Br)ccc1OCc1ccc(Cl)cc1Cl. The maximum Gasteiger partial charge on any atom is 0.338 e. The summed E-state index contributed by atoms with van der Waals surface area (Å²) in [4.78, 5) is 17.3. The maximum atomic E-state index is 13.1. The lowest BCUT2D eigenvalue weighted by Crippen LogP contribution is -2.30. The molecule has 0 radical (unpaired) electrons. The van der Waals surface area contributed by atoms with Crippen LogP contribution in [0.4, 0.5) is 5.95 Å². The quantitative estimate of drug-likeness (QED) is 0.354. The van der Waals surface area contributed by atoms with Gasteiger partial charge in [-0.15, -0.1) is 0 Å². The average Bonchev–Trinajstić information content (AvgIpc) is 3.24. The normalized spacial score (nSPS) is 15.1. The summed E-state index contributed by atoms with van der Waals surface area (Å²) in [5.74, 6) is 0.682. The van der Waals surface area contributed by atoms with Crippen LogP contribution in [-0.4, -0.2) is 27.3 Å². The molecular weight excluding hydrogens is 531 g/mol. The average molecular weight is 552 g/mol. The molecule has 10 heteroatoms. The van der Waals surface area contributed by atoms with Crippen molar-refractivity contribution in [3.63, 3.8) is 0 Å². The second-order valence-corrected chi connectivity index (χ2v) is 9.20. The number of carbonyl (C=O) groups is 1. The van der Waals surface area contributed by atoms with Crippen LogP contribution in [0.15, 0.2) is 58.5 Å². The van der Waals surface area contributed by atoms with Crippen molar-refractivity contribution in [1.29, 1.82) is 0 Å². The van der Waals surface area contributed by atoms with Crippen LogP contribution in [0.3, 0.4) is 0 Å². The summed E-state index contributed by atoms with van der Waals surface area (Å²) in [5, 5.41) is 8.57. The number of hydrogen-bond donors (Lipinski definition) is 1. The smallest absolute Gasteiger partial charge is 0.338 e. The van der Waals surface area contributed by atoms with E-state index < -0.39 is 12.0 Å². The first-order chi connectivity index (χ1) is 15.9. The first-order valence-corrected chi connectivity index (χ1v) is 11.8. The van der Waals surface area contributed by atoms with Gasteiger partial charge in [0.15, 0.2) is 0 Å². The van der Waals surface area contributed by atoms with E-state index in [1.807, 2.05) is 38.1 Å². The maximum absolute atomic E-state index is 13.1. The van der Waals surface area contributed by atoms with Gasteiger partial charge in [-0.1, -0.05) is 52.1 Å². The van der Waals surface area contributed by atoms with E-state index >= 15 is 0 Å². The predicted octanol–water partition coefficient (Wildman–Crippen LogP) is 6.17. The Morgan fingerprint density at radius 2 is 2.06 bits per heavy atom. The van der Waals surface area contributed by atoms with Crippen molar-refractivity contribution >= 4 is 51.0 Å². The largest absolute Gasteiger partial charge is 0.488 e. The van der Waals surface area contributed by atoms with E-state index in [9.17, 15) is 4.79 Å². The van der Waals surface area contributed by atoms with Crippen molar-refractivity contribution in [1.82, 2.24) is 14.8 Å². The van der Waals surface area contributed by atoms with Gasteiger partial charge < -0.3 is 14.8 Å². The molecule has 1 unspecified atom stereocenters. The number of allylic oxidation sites excluding steroid dienone is 1. The highest BCUT2D eigenvalue weighted by Gasteiger charge is 2.36. The molecule has 4 rings (SSSR count). The topological polar surface area (TPSA) is 78.3 Å². The van der Waals surface area contributed by atoms with Crippen molar-refractivity contribution in [2.75, 3.05) is 11.9 Å². The summed E-state index contributed by atoms with van der Waals surface area (Å²) in [6, 6.07) is 10.3. The molecule has 1 aliphatic rings. The molecule has 172 valence electrons. The second-order valence-electron chi connectivity index (χ2n) is 7.44. The number of esters is 1. The fourth-order valence-corrected chi connectivity index (χ4v) is 4.42. The fraction of sp³-hybridized carbons (Fsp3) is 0.261. The molecule has 1 atom stereocenters.